The van der Waals surface area contributed by atoms with E-state index in [2.05, 4.69) is 12.7 Å². The van der Waals surface area contributed by atoms with Gasteiger partial charge in [0, 0.05) is 6.61 Å². The molecule has 0 bridgehead atoms. The molecule has 0 heterocycles. The Morgan fingerprint density at radius 2 is 2.14 bits per heavy atom. The Morgan fingerprint density at radius 3 is 2.57 bits per heavy atom. The van der Waals surface area contributed by atoms with Crippen LogP contribution in [-0.4, -0.2) is 11.7 Å². The van der Waals surface area contributed by atoms with Crippen LogP contribution >= 0.6 is 0 Å². The topological polar surface area (TPSA) is 20.2 Å². The zero-order chi connectivity index (χ0) is 5.54. The Balaban J connectivity index is 2.56. The van der Waals surface area contributed by atoms with Crippen LogP contribution in [-0.2, 0) is 0 Å². The molecule has 1 heteroatoms. The molecule has 0 aromatic carbocycles. The van der Waals surface area contributed by atoms with E-state index >= 15 is 0 Å². The van der Waals surface area contributed by atoms with Gasteiger partial charge in [-0.2, -0.15) is 0 Å². The van der Waals surface area contributed by atoms with Crippen molar-refractivity contribution in [2.24, 2.45) is 0 Å². The first-order valence-corrected chi connectivity index (χ1v) is 2.52. The Kier molecular flexibility index (Phi) is 5.46. The summed E-state index contributed by atoms with van der Waals surface area (Å²) < 4.78 is 0. The number of rotatable bonds is 4. The zero-order valence-electron chi connectivity index (χ0n) is 4.48. The van der Waals surface area contributed by atoms with Crippen molar-refractivity contribution in [1.29, 1.82) is 0 Å². The van der Waals surface area contributed by atoms with Gasteiger partial charge in [-0.05, 0) is 19.3 Å². The molecule has 0 aliphatic rings. The predicted molar refractivity (Wildman–Crippen MR) is 29.8 cm³/mol. The molecule has 41 valence electrons. The summed E-state index contributed by atoms with van der Waals surface area (Å²) in [6.45, 7) is 3.72. The van der Waals surface area contributed by atoms with Crippen LogP contribution in [0.1, 0.15) is 19.3 Å². The maximum Gasteiger partial charge on any atom is 0.0431 e. The summed E-state index contributed by atoms with van der Waals surface area (Å²) in [6, 6.07) is 0. The second-order valence-corrected chi connectivity index (χ2v) is 1.43. The van der Waals surface area contributed by atoms with Gasteiger partial charge in [-0.3, -0.25) is 0 Å². The third-order valence-corrected chi connectivity index (χ3v) is 0.762. The molecule has 0 amide bonds. The highest BCUT2D eigenvalue weighted by molar-refractivity contribution is 4.53. The molecule has 1 N–H and O–H groups in total. The second kappa shape index (κ2) is 5.70. The standard InChI is InChI=1S/C6H11O/c1-2-3-4-5-6-7/h7H,1,3-6H2. The summed E-state index contributed by atoms with van der Waals surface area (Å²) >= 11 is 0. The summed E-state index contributed by atoms with van der Waals surface area (Å²) in [7, 11) is 0. The second-order valence-electron chi connectivity index (χ2n) is 1.43. The zero-order valence-corrected chi connectivity index (χ0v) is 4.48. The van der Waals surface area contributed by atoms with E-state index in [1.54, 1.807) is 0 Å². The predicted octanol–water partition coefficient (Wildman–Crippen LogP) is 1.14. The molecular formula is C6H11O. The molecule has 0 unspecified atom stereocenters. The van der Waals surface area contributed by atoms with Crippen LogP contribution in [0.3, 0.4) is 0 Å². The lowest BCUT2D eigenvalue weighted by atomic mass is 10.2. The molecule has 0 rings (SSSR count). The van der Waals surface area contributed by atoms with Crippen molar-refractivity contribution >= 4 is 0 Å². The molecule has 0 spiro atoms. The number of aliphatic hydroxyl groups excluding tert-OH is 1. The fraction of sp³-hybridized carbons (Fsp3) is 0.667. The van der Waals surface area contributed by atoms with Crippen LogP contribution in [0.25, 0.3) is 0 Å². The number of hydrogen-bond acceptors (Lipinski definition) is 1. The Hall–Kier alpha value is -0.300. The average Bonchev–Trinajstić information content (AvgIpc) is 1.69. The average molecular weight is 99.2 g/mol. The van der Waals surface area contributed by atoms with E-state index in [9.17, 15) is 0 Å². The molecule has 0 aliphatic heterocycles. The molecule has 1 nitrogen and oxygen atoms in total. The molecular weight excluding hydrogens is 88.1 g/mol. The van der Waals surface area contributed by atoms with Gasteiger partial charge < -0.3 is 5.11 Å². The summed E-state index contributed by atoms with van der Waals surface area (Å²) in [4.78, 5) is 0. The normalized spacial score (nSPS) is 8.71. The fourth-order valence-corrected chi connectivity index (χ4v) is 0.362. The minimum absolute atomic E-state index is 0.293. The third-order valence-electron chi connectivity index (χ3n) is 0.762. The number of hydrogen-bond donors (Lipinski definition) is 1. The SMILES string of the molecule is C=[C]CCCCO. The first kappa shape index (κ1) is 6.70. The molecule has 0 saturated carbocycles. The van der Waals surface area contributed by atoms with Crippen molar-refractivity contribution in [1.82, 2.24) is 0 Å². The van der Waals surface area contributed by atoms with E-state index in [1.807, 2.05) is 0 Å². The van der Waals surface area contributed by atoms with Crippen LogP contribution in [0.5, 0.6) is 0 Å². The highest BCUT2D eigenvalue weighted by Gasteiger charge is 1.78. The van der Waals surface area contributed by atoms with Gasteiger partial charge in [-0.15, -0.1) is 0 Å². The molecule has 7 heavy (non-hydrogen) atoms. The number of allylic oxidation sites excluding steroid dienone is 1. The van der Waals surface area contributed by atoms with E-state index in [0.717, 1.165) is 19.3 Å². The summed E-state index contributed by atoms with van der Waals surface area (Å²) in [5, 5.41) is 8.24. The van der Waals surface area contributed by atoms with Gasteiger partial charge in [0.2, 0.25) is 0 Å². The molecule has 1 radical (unpaired) electrons. The number of aliphatic hydroxyl groups is 1. The Bertz CT molecular complexity index is 41.4. The Morgan fingerprint density at radius 1 is 1.43 bits per heavy atom. The largest absolute Gasteiger partial charge is 0.396 e. The van der Waals surface area contributed by atoms with Gasteiger partial charge in [-0.25, -0.2) is 0 Å². The highest BCUT2D eigenvalue weighted by atomic mass is 16.2. The lowest BCUT2D eigenvalue weighted by Gasteiger charge is -1.87. The van der Waals surface area contributed by atoms with Crippen molar-refractivity contribution in [3.05, 3.63) is 12.7 Å². The van der Waals surface area contributed by atoms with Crippen molar-refractivity contribution in [3.8, 4) is 0 Å². The summed E-state index contributed by atoms with van der Waals surface area (Å²) in [6.07, 6.45) is 5.54. The maximum absolute atomic E-state index is 8.24. The lowest BCUT2D eigenvalue weighted by Crippen LogP contribution is -1.79. The van der Waals surface area contributed by atoms with E-state index < -0.39 is 0 Å². The first-order chi connectivity index (χ1) is 3.41. The minimum Gasteiger partial charge on any atom is -0.396 e. The summed E-state index contributed by atoms with van der Waals surface area (Å²) in [5.74, 6) is 0. The third kappa shape index (κ3) is 5.70. The van der Waals surface area contributed by atoms with Crippen molar-refractivity contribution in [2.45, 2.75) is 19.3 Å². The number of unbranched alkanes of at least 4 members (excludes halogenated alkanes) is 2. The van der Waals surface area contributed by atoms with E-state index in [-0.39, 0.29) is 0 Å². The molecule has 0 aromatic heterocycles. The van der Waals surface area contributed by atoms with Gasteiger partial charge in [0.05, 0.1) is 0 Å². The van der Waals surface area contributed by atoms with Crippen LogP contribution in [0.2, 0.25) is 0 Å². The molecule has 0 atom stereocenters. The van der Waals surface area contributed by atoms with Crippen molar-refractivity contribution in [3.63, 3.8) is 0 Å². The van der Waals surface area contributed by atoms with Crippen LogP contribution in [0.15, 0.2) is 6.58 Å². The van der Waals surface area contributed by atoms with Crippen molar-refractivity contribution < 1.29 is 5.11 Å². The van der Waals surface area contributed by atoms with E-state index in [0.29, 0.717) is 6.61 Å². The monoisotopic (exact) mass is 99.1 g/mol. The first-order valence-electron chi connectivity index (χ1n) is 2.52. The van der Waals surface area contributed by atoms with Crippen LogP contribution in [0, 0.1) is 6.08 Å². The van der Waals surface area contributed by atoms with Crippen LogP contribution in [0.4, 0.5) is 0 Å². The maximum atomic E-state index is 8.24. The summed E-state index contributed by atoms with van der Waals surface area (Å²) in [5.41, 5.74) is 0. The smallest absolute Gasteiger partial charge is 0.0431 e. The van der Waals surface area contributed by atoms with Gasteiger partial charge in [0.25, 0.3) is 0 Å². The Labute approximate surface area is 44.7 Å². The molecule has 0 fully saturated rings. The highest BCUT2D eigenvalue weighted by Crippen LogP contribution is 1.91. The lowest BCUT2D eigenvalue weighted by molar-refractivity contribution is 0.285. The van der Waals surface area contributed by atoms with Gasteiger partial charge >= 0.3 is 0 Å². The van der Waals surface area contributed by atoms with E-state index in [1.165, 1.54) is 0 Å². The quantitative estimate of drug-likeness (QED) is 0.524. The minimum atomic E-state index is 0.293. The van der Waals surface area contributed by atoms with Gasteiger partial charge in [0.1, 0.15) is 0 Å². The van der Waals surface area contributed by atoms with Gasteiger partial charge in [0.15, 0.2) is 0 Å². The molecule has 0 aromatic rings. The van der Waals surface area contributed by atoms with Crippen molar-refractivity contribution in [2.75, 3.05) is 6.61 Å². The van der Waals surface area contributed by atoms with Crippen LogP contribution < -0.4 is 0 Å². The van der Waals surface area contributed by atoms with Gasteiger partial charge in [-0.1, -0.05) is 12.7 Å². The van der Waals surface area contributed by atoms with E-state index in [4.69, 9.17) is 5.11 Å². The molecule has 0 aliphatic carbocycles. The fourth-order valence-electron chi connectivity index (χ4n) is 0.362. The molecule has 0 saturated heterocycles.